The van der Waals surface area contributed by atoms with Crippen LogP contribution in [-0.4, -0.2) is 43.0 Å². The first-order chi connectivity index (χ1) is 16.7. The molecule has 4 rings (SSSR count). The number of carbonyl (C=O) groups excluding carboxylic acids is 2. The van der Waals surface area contributed by atoms with Crippen molar-refractivity contribution in [3.05, 3.63) is 63.7 Å². The molecule has 1 fully saturated rings. The molecule has 2 amide bonds. The Morgan fingerprint density at radius 1 is 1.23 bits per heavy atom. The zero-order chi connectivity index (χ0) is 25.1. The van der Waals surface area contributed by atoms with Gasteiger partial charge < -0.3 is 19.4 Å². The van der Waals surface area contributed by atoms with Gasteiger partial charge in [-0.1, -0.05) is 11.6 Å². The molecule has 184 valence electrons. The van der Waals surface area contributed by atoms with Crippen LogP contribution in [0.3, 0.4) is 0 Å². The number of rotatable bonds is 6. The summed E-state index contributed by atoms with van der Waals surface area (Å²) in [6, 6.07) is 10.2. The van der Waals surface area contributed by atoms with Gasteiger partial charge in [0, 0.05) is 55.2 Å². The Morgan fingerprint density at radius 3 is 2.77 bits per heavy atom. The first-order valence-corrected chi connectivity index (χ1v) is 11.8. The van der Waals surface area contributed by atoms with Crippen molar-refractivity contribution in [2.24, 2.45) is 5.92 Å². The molecule has 1 aliphatic heterocycles. The molecule has 0 bridgehead atoms. The van der Waals surface area contributed by atoms with E-state index in [4.69, 9.17) is 20.8 Å². The second kappa shape index (κ2) is 10.5. The summed E-state index contributed by atoms with van der Waals surface area (Å²) in [5.74, 6) is -0.198. The number of benzene rings is 2. The summed E-state index contributed by atoms with van der Waals surface area (Å²) in [6.45, 7) is 2.79. The quantitative estimate of drug-likeness (QED) is 0.507. The van der Waals surface area contributed by atoms with E-state index >= 15 is 0 Å². The number of nitrogens with zero attached hydrogens (tertiary/aromatic N) is 1. The fraction of sp³-hybridized carbons (Fsp3) is 0.346. The van der Waals surface area contributed by atoms with Crippen molar-refractivity contribution in [2.75, 3.05) is 20.1 Å². The molecule has 0 aliphatic carbocycles. The van der Waals surface area contributed by atoms with E-state index in [9.17, 15) is 18.8 Å². The van der Waals surface area contributed by atoms with Crippen molar-refractivity contribution in [2.45, 2.75) is 32.3 Å². The van der Waals surface area contributed by atoms with Crippen molar-refractivity contribution in [1.29, 1.82) is 0 Å². The van der Waals surface area contributed by atoms with E-state index in [1.165, 1.54) is 24.3 Å². The number of ether oxygens (including phenoxy) is 1. The zero-order valence-electron chi connectivity index (χ0n) is 19.5. The largest absolute Gasteiger partial charge is 0.481 e. The highest BCUT2D eigenvalue weighted by Crippen LogP contribution is 2.34. The molecule has 2 aromatic carbocycles. The summed E-state index contributed by atoms with van der Waals surface area (Å²) < 4.78 is 24.7. The second-order valence-electron chi connectivity index (χ2n) is 8.69. The first kappa shape index (κ1) is 24.7. The maximum atomic E-state index is 13.5. The SMILES string of the molecule is CNC(=O)C[C@H]1CCCN(C(=O)[C@@H](C)Oc2ccc3c(-c4ccc(F)cc4Cl)cc(=O)oc3c2)C1. The minimum atomic E-state index is -0.771. The van der Waals surface area contributed by atoms with Crippen LogP contribution < -0.4 is 15.7 Å². The normalized spacial score (nSPS) is 16.7. The Bertz CT molecular complexity index is 1320. The van der Waals surface area contributed by atoms with Crippen LogP contribution in [0.5, 0.6) is 5.75 Å². The number of halogens is 2. The summed E-state index contributed by atoms with van der Waals surface area (Å²) in [5.41, 5.74) is 0.672. The predicted molar refractivity (Wildman–Crippen MR) is 131 cm³/mol. The molecule has 2 atom stereocenters. The molecule has 3 aromatic rings. The van der Waals surface area contributed by atoms with Crippen LogP contribution in [0.25, 0.3) is 22.1 Å². The molecule has 0 spiro atoms. The molecule has 35 heavy (non-hydrogen) atoms. The minimum absolute atomic E-state index is 0.0347. The first-order valence-electron chi connectivity index (χ1n) is 11.4. The highest BCUT2D eigenvalue weighted by Gasteiger charge is 2.29. The Balaban J connectivity index is 1.53. The van der Waals surface area contributed by atoms with E-state index < -0.39 is 17.5 Å². The van der Waals surface area contributed by atoms with Crippen molar-refractivity contribution < 1.29 is 23.1 Å². The summed E-state index contributed by atoms with van der Waals surface area (Å²) in [5, 5.41) is 3.40. The average molecular weight is 501 g/mol. The number of hydrogen-bond donors (Lipinski definition) is 1. The fourth-order valence-corrected chi connectivity index (χ4v) is 4.72. The highest BCUT2D eigenvalue weighted by molar-refractivity contribution is 6.33. The summed E-state index contributed by atoms with van der Waals surface area (Å²) in [6.07, 6.45) is 1.35. The number of amides is 2. The molecule has 7 nitrogen and oxygen atoms in total. The van der Waals surface area contributed by atoms with Gasteiger partial charge in [0.2, 0.25) is 5.91 Å². The number of nitrogens with one attached hydrogen (secondary N) is 1. The van der Waals surface area contributed by atoms with Gasteiger partial charge in [0.25, 0.3) is 5.91 Å². The Kier molecular flexibility index (Phi) is 7.40. The molecule has 1 aromatic heterocycles. The molecule has 1 N–H and O–H groups in total. The average Bonchev–Trinajstić information content (AvgIpc) is 2.83. The van der Waals surface area contributed by atoms with Crippen LogP contribution in [0.15, 0.2) is 51.7 Å². The third kappa shape index (κ3) is 5.65. The van der Waals surface area contributed by atoms with Gasteiger partial charge in [0.05, 0.1) is 5.02 Å². The number of likely N-dealkylation sites (tertiary alicyclic amines) is 1. The van der Waals surface area contributed by atoms with Gasteiger partial charge in [-0.25, -0.2) is 9.18 Å². The number of hydrogen-bond acceptors (Lipinski definition) is 5. The van der Waals surface area contributed by atoms with Gasteiger partial charge >= 0.3 is 5.63 Å². The van der Waals surface area contributed by atoms with E-state index in [0.717, 1.165) is 12.8 Å². The van der Waals surface area contributed by atoms with Gasteiger partial charge in [-0.15, -0.1) is 0 Å². The summed E-state index contributed by atoms with van der Waals surface area (Å²) in [4.78, 5) is 38.7. The Hall–Kier alpha value is -3.39. The van der Waals surface area contributed by atoms with Crippen molar-refractivity contribution >= 4 is 34.4 Å². The van der Waals surface area contributed by atoms with Crippen LogP contribution in [-0.2, 0) is 9.59 Å². The maximum Gasteiger partial charge on any atom is 0.336 e. The van der Waals surface area contributed by atoms with Crippen LogP contribution in [0, 0.1) is 11.7 Å². The predicted octanol–water partition coefficient (Wildman–Crippen LogP) is 4.39. The third-order valence-corrected chi connectivity index (χ3v) is 6.49. The third-order valence-electron chi connectivity index (χ3n) is 6.18. The van der Waals surface area contributed by atoms with Crippen molar-refractivity contribution in [1.82, 2.24) is 10.2 Å². The second-order valence-corrected chi connectivity index (χ2v) is 9.10. The number of carbonyl (C=O) groups is 2. The monoisotopic (exact) mass is 500 g/mol. The van der Waals surface area contributed by atoms with Gasteiger partial charge in [-0.2, -0.15) is 0 Å². The lowest BCUT2D eigenvalue weighted by Gasteiger charge is -2.34. The molecule has 0 saturated carbocycles. The lowest BCUT2D eigenvalue weighted by atomic mass is 9.94. The standard InChI is InChI=1S/C26H26ClFN2O5/c1-15(26(33)30-9-3-4-16(14-30)10-24(31)29-2)34-18-6-8-20-21(13-25(32)35-23(20)12-18)19-7-5-17(28)11-22(19)27/h5-8,11-13,15-16H,3-4,9-10,14H2,1-2H3,(H,29,31)/t15-,16-/m1/s1. The lowest BCUT2D eigenvalue weighted by molar-refractivity contribution is -0.140. The number of fused-ring (bicyclic) bond motifs is 1. The molecule has 2 heterocycles. The fourth-order valence-electron chi connectivity index (χ4n) is 4.45. The van der Waals surface area contributed by atoms with E-state index in [2.05, 4.69) is 5.32 Å². The van der Waals surface area contributed by atoms with Gasteiger partial charge in [0.1, 0.15) is 17.1 Å². The molecule has 9 heteroatoms. The van der Waals surface area contributed by atoms with Crippen LogP contribution in [0.1, 0.15) is 26.2 Å². The summed E-state index contributed by atoms with van der Waals surface area (Å²) in [7, 11) is 1.60. The summed E-state index contributed by atoms with van der Waals surface area (Å²) >= 11 is 6.21. The topological polar surface area (TPSA) is 88.9 Å². The van der Waals surface area contributed by atoms with Crippen molar-refractivity contribution in [3.8, 4) is 16.9 Å². The zero-order valence-corrected chi connectivity index (χ0v) is 20.2. The molecule has 1 saturated heterocycles. The minimum Gasteiger partial charge on any atom is -0.481 e. The molecule has 0 radical (unpaired) electrons. The van der Waals surface area contributed by atoms with Crippen LogP contribution in [0.2, 0.25) is 5.02 Å². The molecular weight excluding hydrogens is 475 g/mol. The van der Waals surface area contributed by atoms with Gasteiger partial charge in [0.15, 0.2) is 6.10 Å². The maximum absolute atomic E-state index is 13.5. The van der Waals surface area contributed by atoms with E-state index in [0.29, 0.717) is 41.8 Å². The number of piperidine rings is 1. The van der Waals surface area contributed by atoms with Gasteiger partial charge in [-0.05, 0) is 56.0 Å². The van der Waals surface area contributed by atoms with Crippen molar-refractivity contribution in [3.63, 3.8) is 0 Å². The van der Waals surface area contributed by atoms with E-state index in [1.807, 2.05) is 0 Å². The Morgan fingerprint density at radius 2 is 2.03 bits per heavy atom. The van der Waals surface area contributed by atoms with E-state index in [1.54, 1.807) is 37.1 Å². The lowest BCUT2D eigenvalue weighted by Crippen LogP contribution is -2.46. The smallest absolute Gasteiger partial charge is 0.336 e. The Labute approximate surface area is 206 Å². The molecular formula is C26H26ClFN2O5. The van der Waals surface area contributed by atoms with Crippen LogP contribution in [0.4, 0.5) is 4.39 Å². The molecule has 0 unspecified atom stereocenters. The van der Waals surface area contributed by atoms with Crippen LogP contribution >= 0.6 is 11.6 Å². The van der Waals surface area contributed by atoms with E-state index in [-0.39, 0.29) is 28.3 Å². The highest BCUT2D eigenvalue weighted by atomic mass is 35.5. The molecule has 1 aliphatic rings. The van der Waals surface area contributed by atoms with Gasteiger partial charge in [-0.3, -0.25) is 9.59 Å².